The number of benzene rings is 2. The molecule has 6 rings (SSSR count). The summed E-state index contributed by atoms with van der Waals surface area (Å²) in [6.07, 6.45) is 2.14. The molecule has 754 valence electrons. The third kappa shape index (κ3) is 37.8. The maximum Gasteiger partial charge on any atom is 0.246 e. The Labute approximate surface area is 792 Å². The number of aromatic nitrogens is 1. The Morgan fingerprint density at radius 1 is 0.368 bits per heavy atom. The van der Waals surface area contributed by atoms with Gasteiger partial charge >= 0.3 is 0 Å². The van der Waals surface area contributed by atoms with Gasteiger partial charge < -0.3 is 150 Å². The Hall–Kier alpha value is -13.4. The van der Waals surface area contributed by atoms with Gasteiger partial charge in [0.25, 0.3) is 0 Å². The van der Waals surface area contributed by atoms with E-state index in [0.717, 1.165) is 0 Å². The molecule has 47 nitrogen and oxygen atoms in total. The summed E-state index contributed by atoms with van der Waals surface area (Å²) >= 11 is 0. The molecule has 3 aliphatic rings. The van der Waals surface area contributed by atoms with E-state index in [1.54, 1.807) is 72.0 Å². The van der Waals surface area contributed by atoms with Crippen molar-refractivity contribution in [3.63, 3.8) is 0 Å². The van der Waals surface area contributed by atoms with Crippen LogP contribution in [0.15, 0.2) is 54.7 Å². The number of hydrogen-bond donors (Lipinski definition) is 31. The van der Waals surface area contributed by atoms with Crippen LogP contribution in [0.5, 0.6) is 5.75 Å². The minimum absolute atomic E-state index is 0.00551. The van der Waals surface area contributed by atoms with Gasteiger partial charge in [-0.05, 0) is 201 Å². The molecule has 3 fully saturated rings. The first-order valence-electron chi connectivity index (χ1n) is 47.1. The number of hydrogen-bond acceptors (Lipinski definition) is 22. The number of aromatic hydroxyl groups is 1. The summed E-state index contributed by atoms with van der Waals surface area (Å²) in [5.41, 5.74) is 41.8. The highest BCUT2D eigenvalue weighted by Gasteiger charge is 2.46. The van der Waals surface area contributed by atoms with E-state index in [9.17, 15) is 14.7 Å². The first-order valence-corrected chi connectivity index (χ1v) is 47.1. The summed E-state index contributed by atoms with van der Waals surface area (Å²) in [5, 5.41) is 97.3. The van der Waals surface area contributed by atoms with Crippen molar-refractivity contribution in [1.82, 2.24) is 105 Å². The van der Waals surface area contributed by atoms with Crippen molar-refractivity contribution in [3.05, 3.63) is 65.9 Å². The van der Waals surface area contributed by atoms with E-state index in [2.05, 4.69) is 95.4 Å². The highest BCUT2D eigenvalue weighted by atomic mass is 16.3. The predicted molar refractivity (Wildman–Crippen MR) is 512 cm³/mol. The minimum atomic E-state index is -1.65. The van der Waals surface area contributed by atoms with Crippen molar-refractivity contribution in [1.29, 1.82) is 27.0 Å². The molecule has 14 amide bonds. The molecular weight excluding hydrogens is 1760 g/mol. The molecule has 2 aromatic carbocycles. The van der Waals surface area contributed by atoms with Gasteiger partial charge in [0.2, 0.25) is 82.7 Å². The van der Waals surface area contributed by atoms with E-state index >= 15 is 57.5 Å². The lowest BCUT2D eigenvalue weighted by Gasteiger charge is -2.34. The van der Waals surface area contributed by atoms with E-state index in [1.807, 2.05) is 0 Å². The Morgan fingerprint density at radius 3 is 1.02 bits per heavy atom. The quantitative estimate of drug-likeness (QED) is 0.0148. The van der Waals surface area contributed by atoms with Gasteiger partial charge in [0.05, 0.1) is 0 Å². The lowest BCUT2D eigenvalue weighted by atomic mass is 9.99. The fraction of sp³-hybridized carbons (Fsp3) is 0.629. The van der Waals surface area contributed by atoms with Gasteiger partial charge in [-0.1, -0.05) is 71.9 Å². The van der Waals surface area contributed by atoms with Crippen molar-refractivity contribution >= 4 is 123 Å². The molecule has 0 bridgehead atoms. The molecule has 136 heavy (non-hydrogen) atoms. The molecule has 3 saturated heterocycles. The number of aromatic amines is 1. The molecule has 3 aromatic rings. The average molecular weight is 1910 g/mol. The third-order valence-corrected chi connectivity index (χ3v) is 23.6. The molecule has 3 aliphatic heterocycles. The second-order valence-corrected chi connectivity index (χ2v) is 36.0. The first-order chi connectivity index (χ1) is 64.7. The number of nitrogens with two attached hydrogens (primary N) is 7. The molecule has 14 atom stereocenters. The van der Waals surface area contributed by atoms with Crippen molar-refractivity contribution < 1.29 is 72.2 Å². The number of carbonyl (C=O) groups is 14. The van der Waals surface area contributed by atoms with Gasteiger partial charge in [-0.25, -0.2) is 0 Å². The summed E-state index contributed by atoms with van der Waals surface area (Å²) in [4.78, 5) is 219. The number of fused-ring (bicyclic) bond motifs is 3. The van der Waals surface area contributed by atoms with Crippen LogP contribution in [0.1, 0.15) is 194 Å². The van der Waals surface area contributed by atoms with Gasteiger partial charge in [-0.3, -0.25) is 94.2 Å². The van der Waals surface area contributed by atoms with Gasteiger partial charge in [0.15, 0.2) is 29.8 Å². The van der Waals surface area contributed by atoms with E-state index in [1.165, 1.54) is 34.1 Å². The van der Waals surface area contributed by atoms with Gasteiger partial charge in [0.1, 0.15) is 90.3 Å². The zero-order valence-electron chi connectivity index (χ0n) is 78.9. The van der Waals surface area contributed by atoms with Gasteiger partial charge in [0, 0.05) is 75.8 Å². The van der Waals surface area contributed by atoms with E-state index in [-0.39, 0.29) is 211 Å². The minimum Gasteiger partial charge on any atom is -0.508 e. The van der Waals surface area contributed by atoms with Crippen molar-refractivity contribution in [2.45, 2.75) is 280 Å². The zero-order chi connectivity index (χ0) is 100. The van der Waals surface area contributed by atoms with Gasteiger partial charge in [-0.15, -0.1) is 0 Å². The number of nitrogens with zero attached hydrogens (tertiary/aromatic N) is 2. The highest BCUT2D eigenvalue weighted by molar-refractivity contribution is 6.02. The van der Waals surface area contributed by atoms with Crippen LogP contribution in [0.4, 0.5) is 0 Å². The fourth-order valence-electron chi connectivity index (χ4n) is 16.4. The van der Waals surface area contributed by atoms with E-state index in [0.29, 0.717) is 47.7 Å². The fourth-order valence-corrected chi connectivity index (χ4v) is 16.4. The van der Waals surface area contributed by atoms with E-state index < -0.39 is 197 Å². The molecule has 0 radical (unpaired) electrons. The number of nitrogens with one attached hydrogen (secondary N) is 23. The highest BCUT2D eigenvalue weighted by Crippen LogP contribution is 2.28. The van der Waals surface area contributed by atoms with Gasteiger partial charge in [-0.2, -0.15) is 0 Å². The molecule has 0 unspecified atom stereocenters. The number of carbonyl (C=O) groups excluding carboxylic acids is 14. The second kappa shape index (κ2) is 57.4. The molecule has 1 aromatic heterocycles. The third-order valence-electron chi connectivity index (χ3n) is 23.6. The number of amides is 14. The summed E-state index contributed by atoms with van der Waals surface area (Å²) in [5.74, 6) is -15.6. The summed E-state index contributed by atoms with van der Waals surface area (Å²) in [6.45, 7) is 10.9. The normalized spacial score (nSPS) is 23.6. The van der Waals surface area contributed by atoms with Crippen molar-refractivity contribution in [3.8, 4) is 5.75 Å². The molecule has 47 heteroatoms. The number of rotatable bonds is 37. The number of para-hydroxylation sites is 1. The molecule has 0 aliphatic carbocycles. The monoisotopic (exact) mass is 1910 g/mol. The Kier molecular flexibility index (Phi) is 47.0. The Balaban J connectivity index is 1.54. The Morgan fingerprint density at radius 2 is 0.669 bits per heavy atom. The number of unbranched alkanes of at least 4 members (excludes halogenated alkanes) is 2. The second-order valence-electron chi connectivity index (χ2n) is 36.0. The van der Waals surface area contributed by atoms with Crippen LogP contribution in [0.2, 0.25) is 0 Å². The zero-order valence-corrected chi connectivity index (χ0v) is 78.9. The predicted octanol–water partition coefficient (Wildman–Crippen LogP) is -4.21. The van der Waals surface area contributed by atoms with Crippen LogP contribution < -0.4 is 131 Å². The molecule has 38 N–H and O–H groups in total. The largest absolute Gasteiger partial charge is 0.508 e. The number of H-pyrrole nitrogens is 1. The number of guanidine groups is 5. The lowest BCUT2D eigenvalue weighted by molar-refractivity contribution is -0.148. The molecule has 4 heterocycles. The first kappa shape index (κ1) is 111. The topological polar surface area (TPSA) is 787 Å². The standard InChI is InChI=1S/C89H148N32O15/c1-49(2)44-64-78(130)111-58(23-10-12-36-91)72(124)108-57(22-9-11-35-90)71(123)109-59(24-13-37-102-85(92)93)73(125)110-60(25-14-38-103-86(94)95)76(128)117-67(47-53-48-107-56-21-8-7-20-55(53)56)81(133)113-62(27-16-40-105-88(98)99)75(127)116-66(46-52-31-33-54(122)34-32-52)80(132)114-63(28-17-41-106-89(100)101)77(129)119-70(51(5)6)84(136)121-43-19-30-69(121)83(135)120-42-18-29-68(120)82(134)118-65(45-50(3)4)79(131)112-61(74(126)115-64)26-15-39-104-87(96)97/h7-8,20-21,31-34,48-51,57-70,107,122H,9-19,22-30,35-47,90-91H2,1-6H3,(H,108,124)(H,109,123)(H,110,125)(H,111,130)(H,112,131)(H,113,133)(H,114,132)(H,115,126)(H,116,127)(H,117,128)(H,118,134)(H,119,129)(H4,92,93,102)(H4,94,95,103)(H4,96,97,104)(H4,98,99,105)(H4,100,101,106)/t57-,58-,59-,60-,61-,62-,63-,64-,65-,66-,67-,68-,69+,70-/m0/s1. The number of phenolic OH excluding ortho intramolecular Hbond substituents is 1. The lowest BCUT2D eigenvalue weighted by Crippen LogP contribution is -2.62. The molecule has 0 saturated carbocycles. The van der Waals surface area contributed by atoms with Crippen molar-refractivity contribution in [2.75, 3.05) is 58.9 Å². The van der Waals surface area contributed by atoms with Crippen LogP contribution in [0.3, 0.4) is 0 Å². The maximum absolute atomic E-state index is 15.7. The number of phenols is 1. The Bertz CT molecular complexity index is 4550. The molecular formula is C89H148N32O15. The summed E-state index contributed by atoms with van der Waals surface area (Å²) < 4.78 is 0. The van der Waals surface area contributed by atoms with Crippen LogP contribution >= 0.6 is 0 Å². The maximum atomic E-state index is 15.7. The SMILES string of the molecule is CC(C)C[C@@H]1NC(=O)[C@H](CCCNC(=N)N)NC(=O)[C@H](CC(C)C)NC(=O)[C@@H]2CCCN2C(=O)[C@H]2CCCN2C(=O)[C@H](C(C)C)NC(=O)[C@H](CCCNC(=N)N)NC(=O)[C@H](Cc2ccc(O)cc2)NC(=O)[C@H](CCCNC(=N)N)NC(=O)[C@H](Cc2c[nH]c3ccccc23)NC(=O)[C@H](CCCNC(=N)N)NC(=O)[C@H](CCCNC(=N)N)NC(=O)[C@H](CCCCN)NC(=O)[C@H](CCCCN)NC1=O. The average Bonchev–Trinajstić information content (AvgIpc) is 1.65. The summed E-state index contributed by atoms with van der Waals surface area (Å²) in [7, 11) is 0. The van der Waals surface area contributed by atoms with Crippen LogP contribution in [0, 0.1) is 44.8 Å². The van der Waals surface area contributed by atoms with Crippen LogP contribution in [-0.2, 0) is 80.0 Å². The molecule has 0 spiro atoms. The van der Waals surface area contributed by atoms with E-state index in [4.69, 9.17) is 67.2 Å². The smallest absolute Gasteiger partial charge is 0.246 e. The van der Waals surface area contributed by atoms with Crippen LogP contribution in [0.25, 0.3) is 10.9 Å². The summed E-state index contributed by atoms with van der Waals surface area (Å²) in [6, 6.07) is -7.76. The van der Waals surface area contributed by atoms with Crippen LogP contribution in [-0.4, -0.2) is 276 Å². The van der Waals surface area contributed by atoms with Crippen molar-refractivity contribution in [2.24, 2.45) is 57.9 Å².